The Morgan fingerprint density at radius 1 is 1.05 bits per heavy atom. The van der Waals surface area contributed by atoms with E-state index < -0.39 is 0 Å². The topological polar surface area (TPSA) is 26.3 Å². The van der Waals surface area contributed by atoms with Gasteiger partial charge in [-0.25, -0.2) is 0 Å². The van der Waals surface area contributed by atoms with Crippen LogP contribution in [0.15, 0.2) is 0 Å². The van der Waals surface area contributed by atoms with Crippen molar-refractivity contribution in [3.63, 3.8) is 0 Å². The number of rotatable bonds is 8. The summed E-state index contributed by atoms with van der Waals surface area (Å²) >= 11 is 0. The Morgan fingerprint density at radius 2 is 1.68 bits per heavy atom. The van der Waals surface area contributed by atoms with Crippen molar-refractivity contribution in [2.24, 2.45) is 17.8 Å². The van der Waals surface area contributed by atoms with E-state index in [4.69, 9.17) is 4.74 Å². The van der Waals surface area contributed by atoms with E-state index in [0.717, 1.165) is 24.9 Å². The van der Waals surface area contributed by atoms with E-state index in [-0.39, 0.29) is 6.10 Å². The quantitative estimate of drug-likeness (QED) is 0.652. The number of carbonyl (C=O) groups excluding carboxylic acids is 1. The number of hydrogen-bond acceptors (Lipinski definition) is 2. The highest BCUT2D eigenvalue weighted by Gasteiger charge is 2.28. The van der Waals surface area contributed by atoms with Gasteiger partial charge in [0.1, 0.15) is 6.10 Å². The number of ketones is 1. The molecule has 2 rings (SSSR count). The van der Waals surface area contributed by atoms with E-state index in [2.05, 4.69) is 13.8 Å². The Labute approximate surface area is 118 Å². The molecule has 0 spiro atoms. The van der Waals surface area contributed by atoms with Crippen molar-refractivity contribution in [1.82, 2.24) is 0 Å². The molecule has 110 valence electrons. The molecule has 2 fully saturated rings. The highest BCUT2D eigenvalue weighted by Crippen LogP contribution is 2.32. The van der Waals surface area contributed by atoms with Crippen molar-refractivity contribution >= 4 is 5.78 Å². The molecule has 0 saturated heterocycles. The Balaban J connectivity index is 1.79. The summed E-state index contributed by atoms with van der Waals surface area (Å²) < 4.78 is 6.05. The number of ether oxygens (including phenoxy) is 1. The van der Waals surface area contributed by atoms with Crippen molar-refractivity contribution in [1.29, 1.82) is 0 Å². The van der Waals surface area contributed by atoms with Crippen LogP contribution in [0, 0.1) is 17.8 Å². The van der Waals surface area contributed by atoms with E-state index in [1.54, 1.807) is 0 Å². The van der Waals surface area contributed by atoms with Crippen molar-refractivity contribution in [2.45, 2.75) is 77.7 Å². The molecule has 0 aromatic heterocycles. The molecule has 0 N–H and O–H groups in total. The Hall–Kier alpha value is -0.370. The molecule has 2 saturated carbocycles. The fourth-order valence-electron chi connectivity index (χ4n) is 3.29. The standard InChI is InChI=1S/C17H30O2/c1-13(2)10-16(18)17(11-14-8-5-9-14)19-12-15-6-3-4-7-15/h13-15,17H,3-12H2,1-2H3. The van der Waals surface area contributed by atoms with Gasteiger partial charge in [-0.15, -0.1) is 0 Å². The average molecular weight is 266 g/mol. The summed E-state index contributed by atoms with van der Waals surface area (Å²) in [5.41, 5.74) is 0. The zero-order valence-electron chi connectivity index (χ0n) is 12.7. The van der Waals surface area contributed by atoms with Crippen molar-refractivity contribution in [2.75, 3.05) is 6.61 Å². The highest BCUT2D eigenvalue weighted by molar-refractivity contribution is 5.83. The van der Waals surface area contributed by atoms with Crippen LogP contribution in [-0.4, -0.2) is 18.5 Å². The van der Waals surface area contributed by atoms with Gasteiger partial charge in [0.15, 0.2) is 5.78 Å². The van der Waals surface area contributed by atoms with Gasteiger partial charge in [0, 0.05) is 6.42 Å². The second kappa shape index (κ2) is 7.42. The molecule has 0 amide bonds. The van der Waals surface area contributed by atoms with Crippen LogP contribution in [0.25, 0.3) is 0 Å². The van der Waals surface area contributed by atoms with E-state index >= 15 is 0 Å². The van der Waals surface area contributed by atoms with Crippen LogP contribution in [0.3, 0.4) is 0 Å². The summed E-state index contributed by atoms with van der Waals surface area (Å²) in [5, 5.41) is 0. The van der Waals surface area contributed by atoms with Gasteiger partial charge in [-0.05, 0) is 37.0 Å². The molecule has 1 atom stereocenters. The van der Waals surface area contributed by atoms with Gasteiger partial charge in [-0.3, -0.25) is 4.79 Å². The van der Waals surface area contributed by atoms with Crippen LogP contribution in [0.4, 0.5) is 0 Å². The third kappa shape index (κ3) is 4.91. The zero-order chi connectivity index (χ0) is 13.7. The van der Waals surface area contributed by atoms with Gasteiger partial charge in [0.05, 0.1) is 6.61 Å². The largest absolute Gasteiger partial charge is 0.370 e. The van der Waals surface area contributed by atoms with Crippen LogP contribution < -0.4 is 0 Å². The summed E-state index contributed by atoms with van der Waals surface area (Å²) in [7, 11) is 0. The third-order valence-corrected chi connectivity index (χ3v) is 4.75. The van der Waals surface area contributed by atoms with Gasteiger partial charge in [-0.2, -0.15) is 0 Å². The molecular weight excluding hydrogens is 236 g/mol. The molecule has 0 aromatic rings. The normalized spacial score (nSPS) is 22.7. The summed E-state index contributed by atoms with van der Waals surface area (Å²) in [6, 6.07) is 0. The summed E-state index contributed by atoms with van der Waals surface area (Å²) in [5.74, 6) is 2.27. The molecule has 0 heterocycles. The van der Waals surface area contributed by atoms with Crippen molar-refractivity contribution in [3.05, 3.63) is 0 Å². The fourth-order valence-corrected chi connectivity index (χ4v) is 3.29. The van der Waals surface area contributed by atoms with Gasteiger partial charge in [0.25, 0.3) is 0 Å². The van der Waals surface area contributed by atoms with Crippen molar-refractivity contribution < 1.29 is 9.53 Å². The molecule has 0 aromatic carbocycles. The van der Waals surface area contributed by atoms with Gasteiger partial charge < -0.3 is 4.74 Å². The summed E-state index contributed by atoms with van der Waals surface area (Å²) in [6.07, 6.45) is 10.8. The van der Waals surface area contributed by atoms with Crippen LogP contribution in [-0.2, 0) is 9.53 Å². The highest BCUT2D eigenvalue weighted by atomic mass is 16.5. The number of Topliss-reactive ketones (excluding diaryl/α,β-unsaturated/α-hetero) is 1. The minimum atomic E-state index is -0.103. The number of carbonyl (C=O) groups is 1. The molecule has 0 bridgehead atoms. The number of hydrogen-bond donors (Lipinski definition) is 0. The van der Waals surface area contributed by atoms with Gasteiger partial charge >= 0.3 is 0 Å². The average Bonchev–Trinajstić information content (AvgIpc) is 2.78. The lowest BCUT2D eigenvalue weighted by Crippen LogP contribution is -2.31. The maximum Gasteiger partial charge on any atom is 0.161 e. The molecule has 19 heavy (non-hydrogen) atoms. The van der Waals surface area contributed by atoms with E-state index in [9.17, 15) is 4.79 Å². The molecule has 2 nitrogen and oxygen atoms in total. The molecule has 1 unspecified atom stereocenters. The predicted octanol–water partition coefficient (Wildman–Crippen LogP) is 4.37. The predicted molar refractivity (Wildman–Crippen MR) is 78.1 cm³/mol. The second-order valence-electron chi connectivity index (χ2n) is 7.07. The summed E-state index contributed by atoms with van der Waals surface area (Å²) in [4.78, 5) is 12.3. The Kier molecular flexibility index (Phi) is 5.87. The lowest BCUT2D eigenvalue weighted by molar-refractivity contribution is -0.134. The maximum atomic E-state index is 12.3. The van der Waals surface area contributed by atoms with Gasteiger partial charge in [-0.1, -0.05) is 46.0 Å². The lowest BCUT2D eigenvalue weighted by Gasteiger charge is -2.30. The van der Waals surface area contributed by atoms with Crippen molar-refractivity contribution in [3.8, 4) is 0 Å². The first-order valence-corrected chi connectivity index (χ1v) is 8.29. The minimum absolute atomic E-state index is 0.103. The van der Waals surface area contributed by atoms with Crippen LogP contribution in [0.5, 0.6) is 0 Å². The first-order chi connectivity index (χ1) is 9.15. The monoisotopic (exact) mass is 266 g/mol. The molecule has 2 aliphatic carbocycles. The molecule has 2 heteroatoms. The SMILES string of the molecule is CC(C)CC(=O)C(CC1CCC1)OCC1CCCC1. The fraction of sp³-hybridized carbons (Fsp3) is 0.941. The molecule has 0 radical (unpaired) electrons. The maximum absolute atomic E-state index is 12.3. The van der Waals surface area contributed by atoms with Crippen LogP contribution >= 0.6 is 0 Å². The van der Waals surface area contributed by atoms with E-state index in [1.807, 2.05) is 0 Å². The van der Waals surface area contributed by atoms with Crippen LogP contribution in [0.2, 0.25) is 0 Å². The summed E-state index contributed by atoms with van der Waals surface area (Å²) in [6.45, 7) is 5.06. The lowest BCUT2D eigenvalue weighted by atomic mass is 9.80. The van der Waals surface area contributed by atoms with E-state index in [1.165, 1.54) is 44.9 Å². The smallest absolute Gasteiger partial charge is 0.161 e. The Bertz CT molecular complexity index is 275. The zero-order valence-corrected chi connectivity index (χ0v) is 12.7. The van der Waals surface area contributed by atoms with Crippen LogP contribution in [0.1, 0.15) is 71.6 Å². The van der Waals surface area contributed by atoms with Gasteiger partial charge in [0.2, 0.25) is 0 Å². The molecular formula is C17H30O2. The molecule has 2 aliphatic rings. The van der Waals surface area contributed by atoms with E-state index in [0.29, 0.717) is 18.1 Å². The minimum Gasteiger partial charge on any atom is -0.370 e. The first kappa shape index (κ1) is 15.0. The second-order valence-corrected chi connectivity index (χ2v) is 7.07. The molecule has 0 aliphatic heterocycles. The third-order valence-electron chi connectivity index (χ3n) is 4.75. The Morgan fingerprint density at radius 3 is 2.21 bits per heavy atom. The first-order valence-electron chi connectivity index (χ1n) is 8.29.